The summed E-state index contributed by atoms with van der Waals surface area (Å²) < 4.78 is 50.9. The fourth-order valence-electron chi connectivity index (χ4n) is 7.74. The average Bonchev–Trinajstić information content (AvgIpc) is 3.41. The number of aliphatic hydroxyl groups is 1. The molecule has 2 heterocycles. The van der Waals surface area contributed by atoms with Crippen LogP contribution in [0.25, 0.3) is 0 Å². The number of rotatable bonds is 24. The summed E-state index contributed by atoms with van der Waals surface area (Å²) in [6, 6.07) is 3.69. The van der Waals surface area contributed by atoms with Gasteiger partial charge >= 0.3 is 0 Å². The van der Waals surface area contributed by atoms with Crippen LogP contribution in [0.5, 0.6) is 11.5 Å². The van der Waals surface area contributed by atoms with E-state index in [1.807, 2.05) is 12.1 Å². The molecule has 1 saturated heterocycles. The standard InChI is InChI=1S/C34H53NO11/c1-3-9-35-10-8-33-30-26-4-5-27(36)31(30)46-32(33)28(6-7-34(33,37)29(35)25-26)45-24-23-44-22-21-43-20-19-42-18-17-41-16-15-40-14-13-39-12-11-38-2/h3-5,28-29,32,36-37H,1,6-25H2,2H3/t28?,29-,32?,33+,34-/m1/s1. The number of piperidine rings is 1. The highest BCUT2D eigenvalue weighted by Crippen LogP contribution is 2.65. The van der Waals surface area contributed by atoms with E-state index in [4.69, 9.17) is 42.6 Å². The van der Waals surface area contributed by atoms with Gasteiger partial charge in [0, 0.05) is 25.3 Å². The molecule has 1 saturated carbocycles. The minimum atomic E-state index is -0.954. The van der Waals surface area contributed by atoms with Gasteiger partial charge in [-0.3, -0.25) is 4.90 Å². The third-order valence-corrected chi connectivity index (χ3v) is 9.73. The van der Waals surface area contributed by atoms with Crippen LogP contribution >= 0.6 is 0 Å². The Morgan fingerprint density at radius 1 is 0.848 bits per heavy atom. The first kappa shape index (κ1) is 35.5. The quantitative estimate of drug-likeness (QED) is 0.125. The summed E-state index contributed by atoms with van der Waals surface area (Å²) in [5.41, 5.74) is 0.592. The molecule has 4 aliphatic rings. The van der Waals surface area contributed by atoms with Crippen molar-refractivity contribution >= 4 is 0 Å². The second-order valence-corrected chi connectivity index (χ2v) is 12.3. The molecule has 2 bridgehead atoms. The SMILES string of the molecule is C=CCN1CC[C@]23c4c5ccc(O)c4OC2C(OCCOCCOCCOCCOCCOCCOCCOC)CC[C@@]3(O)[C@H]1C5. The van der Waals surface area contributed by atoms with Crippen molar-refractivity contribution in [2.24, 2.45) is 0 Å². The van der Waals surface area contributed by atoms with Crippen LogP contribution in [0, 0.1) is 0 Å². The molecule has 12 nitrogen and oxygen atoms in total. The lowest BCUT2D eigenvalue weighted by atomic mass is 9.48. The maximum atomic E-state index is 12.4. The summed E-state index contributed by atoms with van der Waals surface area (Å²) in [6.45, 7) is 12.6. The van der Waals surface area contributed by atoms with Crippen LogP contribution in [0.2, 0.25) is 0 Å². The Morgan fingerprint density at radius 3 is 1.98 bits per heavy atom. The average molecular weight is 652 g/mol. The van der Waals surface area contributed by atoms with E-state index in [2.05, 4.69) is 11.5 Å². The number of benzene rings is 1. The lowest BCUT2D eigenvalue weighted by Crippen LogP contribution is -2.77. The first-order valence-corrected chi connectivity index (χ1v) is 16.7. The zero-order valence-corrected chi connectivity index (χ0v) is 27.3. The summed E-state index contributed by atoms with van der Waals surface area (Å²) >= 11 is 0. The van der Waals surface area contributed by atoms with Gasteiger partial charge in [-0.05, 0) is 43.9 Å². The summed E-state index contributed by atoms with van der Waals surface area (Å²) in [5.74, 6) is 0.660. The highest BCUT2D eigenvalue weighted by atomic mass is 16.6. The zero-order chi connectivity index (χ0) is 32.2. The lowest BCUT2D eigenvalue weighted by molar-refractivity contribution is -0.215. The van der Waals surface area contributed by atoms with E-state index in [0.29, 0.717) is 111 Å². The van der Waals surface area contributed by atoms with Crippen LogP contribution in [0.3, 0.4) is 0 Å². The second-order valence-electron chi connectivity index (χ2n) is 12.3. The van der Waals surface area contributed by atoms with E-state index in [-0.39, 0.29) is 24.0 Å². The number of phenols is 1. The number of ether oxygens (including phenoxy) is 9. The molecule has 2 aliphatic carbocycles. The molecule has 0 radical (unpaired) electrons. The number of phenolic OH excluding ortho intramolecular Hbond substituents is 1. The van der Waals surface area contributed by atoms with Gasteiger partial charge in [0.2, 0.25) is 0 Å². The van der Waals surface area contributed by atoms with Gasteiger partial charge in [-0.2, -0.15) is 0 Å². The van der Waals surface area contributed by atoms with Gasteiger partial charge in [0.1, 0.15) is 6.10 Å². The van der Waals surface area contributed by atoms with E-state index in [0.717, 1.165) is 37.1 Å². The maximum absolute atomic E-state index is 12.4. The molecule has 1 aromatic rings. The topological polar surface area (TPSA) is 127 Å². The second kappa shape index (κ2) is 17.5. The van der Waals surface area contributed by atoms with Crippen molar-refractivity contribution in [3.63, 3.8) is 0 Å². The number of hydrogen-bond donors (Lipinski definition) is 2. The first-order valence-electron chi connectivity index (χ1n) is 16.7. The molecular formula is C34H53NO11. The van der Waals surface area contributed by atoms with Gasteiger partial charge in [0.25, 0.3) is 0 Å². The number of hydrogen-bond acceptors (Lipinski definition) is 12. The highest BCUT2D eigenvalue weighted by Gasteiger charge is 2.73. The van der Waals surface area contributed by atoms with Gasteiger partial charge in [0.15, 0.2) is 11.5 Å². The maximum Gasteiger partial charge on any atom is 0.165 e. The summed E-state index contributed by atoms with van der Waals surface area (Å²) in [4.78, 5) is 2.35. The third-order valence-electron chi connectivity index (χ3n) is 9.73. The van der Waals surface area contributed by atoms with Crippen LogP contribution in [0.4, 0.5) is 0 Å². The first-order chi connectivity index (χ1) is 22.6. The number of nitrogens with zero attached hydrogens (tertiary/aromatic N) is 1. The molecule has 5 atom stereocenters. The van der Waals surface area contributed by atoms with Gasteiger partial charge in [0.05, 0.1) is 110 Å². The van der Waals surface area contributed by atoms with Crippen molar-refractivity contribution < 1.29 is 52.8 Å². The molecule has 2 N–H and O–H groups in total. The summed E-state index contributed by atoms with van der Waals surface area (Å²) in [6.07, 6.45) is 4.12. The Labute approximate surface area is 272 Å². The van der Waals surface area contributed by atoms with Crippen LogP contribution in [-0.4, -0.2) is 152 Å². The van der Waals surface area contributed by atoms with Crippen molar-refractivity contribution in [3.8, 4) is 11.5 Å². The molecule has 46 heavy (non-hydrogen) atoms. The predicted octanol–water partition coefficient (Wildman–Crippen LogP) is 1.86. The van der Waals surface area contributed by atoms with Gasteiger partial charge in [-0.1, -0.05) is 12.1 Å². The van der Waals surface area contributed by atoms with Crippen molar-refractivity contribution in [2.45, 2.75) is 54.9 Å². The Kier molecular flexibility index (Phi) is 13.5. The number of likely N-dealkylation sites (tertiary alicyclic amines) is 1. The number of methoxy groups -OCH3 is 1. The molecule has 0 aromatic heterocycles. The van der Waals surface area contributed by atoms with Gasteiger partial charge in [-0.25, -0.2) is 0 Å². The molecule has 1 aromatic carbocycles. The summed E-state index contributed by atoms with van der Waals surface area (Å²) in [7, 11) is 1.65. The van der Waals surface area contributed by atoms with Crippen LogP contribution in [0.15, 0.2) is 24.8 Å². The fourth-order valence-corrected chi connectivity index (χ4v) is 7.74. The van der Waals surface area contributed by atoms with E-state index in [1.165, 1.54) is 0 Å². The zero-order valence-electron chi connectivity index (χ0n) is 27.3. The molecule has 2 fully saturated rings. The minimum absolute atomic E-state index is 0.0238. The third kappa shape index (κ3) is 7.72. The number of aromatic hydroxyl groups is 1. The van der Waals surface area contributed by atoms with E-state index in [9.17, 15) is 10.2 Å². The van der Waals surface area contributed by atoms with Crippen LogP contribution in [0.1, 0.15) is 30.4 Å². The molecule has 260 valence electrons. The molecular weight excluding hydrogens is 598 g/mol. The van der Waals surface area contributed by atoms with Gasteiger partial charge in [-0.15, -0.1) is 6.58 Å². The lowest BCUT2D eigenvalue weighted by Gasteiger charge is -2.64. The normalized spacial score (nSPS) is 27.8. The Bertz CT molecular complexity index is 1090. The molecule has 2 aliphatic heterocycles. The van der Waals surface area contributed by atoms with E-state index < -0.39 is 11.0 Å². The molecule has 1 spiro atoms. The Hall–Kier alpha value is -1.84. The van der Waals surface area contributed by atoms with Crippen LogP contribution < -0.4 is 4.74 Å². The van der Waals surface area contributed by atoms with Crippen LogP contribution in [-0.2, 0) is 49.7 Å². The van der Waals surface area contributed by atoms with Crippen molar-refractivity contribution in [3.05, 3.63) is 35.9 Å². The Balaban J connectivity index is 0.930. The summed E-state index contributed by atoms with van der Waals surface area (Å²) in [5, 5.41) is 23.1. The molecule has 0 amide bonds. The highest BCUT2D eigenvalue weighted by molar-refractivity contribution is 5.62. The minimum Gasteiger partial charge on any atom is -0.504 e. The Morgan fingerprint density at radius 2 is 1.41 bits per heavy atom. The molecule has 12 heteroatoms. The van der Waals surface area contributed by atoms with Crippen molar-refractivity contribution in [2.75, 3.05) is 113 Å². The smallest absolute Gasteiger partial charge is 0.165 e. The van der Waals surface area contributed by atoms with Crippen molar-refractivity contribution in [1.29, 1.82) is 0 Å². The molecule has 5 rings (SSSR count). The van der Waals surface area contributed by atoms with Gasteiger partial charge < -0.3 is 52.8 Å². The largest absolute Gasteiger partial charge is 0.504 e. The predicted molar refractivity (Wildman–Crippen MR) is 169 cm³/mol. The van der Waals surface area contributed by atoms with E-state index >= 15 is 0 Å². The van der Waals surface area contributed by atoms with E-state index in [1.54, 1.807) is 13.2 Å². The fraction of sp³-hybridized carbons (Fsp3) is 0.765. The van der Waals surface area contributed by atoms with Crippen molar-refractivity contribution in [1.82, 2.24) is 4.90 Å². The monoisotopic (exact) mass is 651 g/mol. The molecule has 2 unspecified atom stereocenters.